The van der Waals surface area contributed by atoms with E-state index >= 15 is 0 Å². The topological polar surface area (TPSA) is 104 Å². The van der Waals surface area contributed by atoms with E-state index in [1.54, 1.807) is 36.4 Å². The Balaban J connectivity index is 2.14. The highest BCUT2D eigenvalue weighted by Gasteiger charge is 2.26. The largest absolute Gasteiger partial charge is 0.469 e. The first-order valence-corrected chi connectivity index (χ1v) is 10.1. The average molecular weight is 448 g/mol. The fourth-order valence-corrected chi connectivity index (χ4v) is 3.33. The molecule has 1 aliphatic rings. The smallest absolute Gasteiger partial charge is 0.305 e. The lowest BCUT2D eigenvalue weighted by molar-refractivity contribution is -0.140. The van der Waals surface area contributed by atoms with Crippen LogP contribution in [0, 0.1) is 5.82 Å². The van der Waals surface area contributed by atoms with Crippen LogP contribution in [0.5, 0.6) is 0 Å². The van der Waals surface area contributed by atoms with Crippen LogP contribution in [0.2, 0.25) is 5.02 Å². The number of hydrogen-bond acceptors (Lipinski definition) is 6. The van der Waals surface area contributed by atoms with E-state index in [1.165, 1.54) is 13.2 Å². The molecule has 3 N–H and O–H groups in total. The summed E-state index contributed by atoms with van der Waals surface area (Å²) >= 11 is 6.21. The van der Waals surface area contributed by atoms with Crippen LogP contribution in [0.4, 0.5) is 10.1 Å². The number of nitrogens with zero attached hydrogens (tertiary/aromatic N) is 2. The van der Waals surface area contributed by atoms with E-state index in [0.717, 1.165) is 0 Å². The molecule has 164 valence electrons. The Morgan fingerprint density at radius 3 is 2.81 bits per heavy atom. The minimum Gasteiger partial charge on any atom is -0.469 e. The minimum absolute atomic E-state index is 0.0651. The summed E-state index contributed by atoms with van der Waals surface area (Å²) in [5.41, 5.74) is 1.83. The van der Waals surface area contributed by atoms with Gasteiger partial charge in [0, 0.05) is 28.3 Å². The second kappa shape index (κ2) is 10.5. The number of halogens is 2. The summed E-state index contributed by atoms with van der Waals surface area (Å²) in [6.45, 7) is -0.513. The van der Waals surface area contributed by atoms with Gasteiger partial charge < -0.3 is 20.3 Å². The number of hydrogen-bond donors (Lipinski definition) is 3. The van der Waals surface area contributed by atoms with Gasteiger partial charge in [-0.1, -0.05) is 23.7 Å². The second-order valence-corrected chi connectivity index (χ2v) is 7.40. The first-order valence-electron chi connectivity index (χ1n) is 9.72. The molecule has 7 nitrogen and oxygen atoms in total. The first-order chi connectivity index (χ1) is 14.9. The number of esters is 1. The normalized spacial score (nSPS) is 17.9. The number of fused-ring (bicyclic) bond motifs is 1. The van der Waals surface area contributed by atoms with E-state index in [-0.39, 0.29) is 24.9 Å². The monoisotopic (exact) mass is 447 g/mol. The summed E-state index contributed by atoms with van der Waals surface area (Å²) in [4.78, 5) is 20.9. The number of aliphatic hydroxyl groups excluding tert-OH is 2. The fraction of sp³-hybridized carbons (Fsp3) is 0.318. The Bertz CT molecular complexity index is 1010. The van der Waals surface area contributed by atoms with Crippen molar-refractivity contribution in [3.63, 3.8) is 0 Å². The van der Waals surface area contributed by atoms with Crippen molar-refractivity contribution in [1.82, 2.24) is 0 Å². The highest BCUT2D eigenvalue weighted by atomic mass is 35.5. The SMILES string of the molecule is COC(=O)CC[C@@H]1N=C(c2ccccc2F)c2cc(Cl)ccc2NC1=NCC(O)CO. The number of carbonyl (C=O) groups excluding carboxylic acids is 1. The molecule has 0 spiro atoms. The van der Waals surface area contributed by atoms with Gasteiger partial charge in [0.1, 0.15) is 17.7 Å². The van der Waals surface area contributed by atoms with Crippen LogP contribution in [0.25, 0.3) is 0 Å². The summed E-state index contributed by atoms with van der Waals surface area (Å²) in [5.74, 6) is -0.483. The van der Waals surface area contributed by atoms with Crippen LogP contribution in [-0.4, -0.2) is 60.1 Å². The van der Waals surface area contributed by atoms with Gasteiger partial charge in [-0.05, 0) is 36.8 Å². The number of benzene rings is 2. The maximum Gasteiger partial charge on any atom is 0.305 e. The number of aliphatic hydroxyl groups is 2. The number of benzodiazepines with no additional fused rings is 1. The second-order valence-electron chi connectivity index (χ2n) is 6.97. The molecule has 0 aliphatic carbocycles. The van der Waals surface area contributed by atoms with Crippen molar-refractivity contribution in [2.45, 2.75) is 25.0 Å². The quantitative estimate of drug-likeness (QED) is 0.566. The van der Waals surface area contributed by atoms with Crippen molar-refractivity contribution in [1.29, 1.82) is 0 Å². The van der Waals surface area contributed by atoms with Crippen LogP contribution in [0.3, 0.4) is 0 Å². The van der Waals surface area contributed by atoms with Gasteiger partial charge in [-0.25, -0.2) is 4.39 Å². The molecule has 2 aromatic rings. The summed E-state index contributed by atoms with van der Waals surface area (Å²) < 4.78 is 19.4. The van der Waals surface area contributed by atoms with E-state index in [9.17, 15) is 14.3 Å². The molecule has 1 unspecified atom stereocenters. The third kappa shape index (κ3) is 5.66. The van der Waals surface area contributed by atoms with Gasteiger partial charge in [-0.3, -0.25) is 14.8 Å². The van der Waals surface area contributed by atoms with Gasteiger partial charge >= 0.3 is 5.97 Å². The molecule has 0 amide bonds. The lowest BCUT2D eigenvalue weighted by atomic mass is 10.00. The number of anilines is 1. The van der Waals surface area contributed by atoms with Gasteiger partial charge in [0.25, 0.3) is 0 Å². The van der Waals surface area contributed by atoms with Crippen LogP contribution in [0.1, 0.15) is 24.0 Å². The van der Waals surface area contributed by atoms with Gasteiger partial charge in [0.15, 0.2) is 0 Å². The van der Waals surface area contributed by atoms with Crippen LogP contribution in [-0.2, 0) is 9.53 Å². The molecule has 9 heteroatoms. The molecule has 1 aliphatic heterocycles. The standard InChI is InChI=1S/C22H23ClFN3O4/c1-31-20(30)9-8-19-22(25-11-14(29)12-28)27-18-7-6-13(23)10-16(18)21(26-19)15-4-2-3-5-17(15)24/h2-7,10,14,19,28-29H,8-9,11-12H2,1H3,(H,25,27)/t14?,19-/m0/s1. The molecule has 0 saturated heterocycles. The number of aliphatic imine (C=N–C) groups is 2. The Kier molecular flexibility index (Phi) is 7.73. The molecule has 2 atom stereocenters. The zero-order valence-corrected chi connectivity index (χ0v) is 17.6. The Morgan fingerprint density at radius 1 is 1.32 bits per heavy atom. The number of carbonyl (C=O) groups is 1. The Hall–Kier alpha value is -2.81. The van der Waals surface area contributed by atoms with Crippen molar-refractivity contribution >= 4 is 34.8 Å². The molecule has 2 aromatic carbocycles. The first kappa shape index (κ1) is 22.9. The third-order valence-corrected chi connectivity index (χ3v) is 5.00. The lowest BCUT2D eigenvalue weighted by Gasteiger charge is -2.16. The number of ether oxygens (including phenoxy) is 1. The maximum absolute atomic E-state index is 14.7. The van der Waals surface area contributed by atoms with Gasteiger partial charge in [0.2, 0.25) is 0 Å². The predicted octanol–water partition coefficient (Wildman–Crippen LogP) is 2.82. The van der Waals surface area contributed by atoms with Crippen molar-refractivity contribution in [2.24, 2.45) is 9.98 Å². The Morgan fingerprint density at radius 2 is 2.10 bits per heavy atom. The molecule has 31 heavy (non-hydrogen) atoms. The number of methoxy groups -OCH3 is 1. The molecule has 0 bridgehead atoms. The number of nitrogens with one attached hydrogen (secondary N) is 1. The van der Waals surface area contributed by atoms with Crippen LogP contribution < -0.4 is 5.32 Å². The van der Waals surface area contributed by atoms with Gasteiger partial charge in [-0.15, -0.1) is 0 Å². The van der Waals surface area contributed by atoms with E-state index in [0.29, 0.717) is 27.8 Å². The van der Waals surface area contributed by atoms with Crippen molar-refractivity contribution in [2.75, 3.05) is 25.6 Å². The summed E-state index contributed by atoms with van der Waals surface area (Å²) in [7, 11) is 1.30. The third-order valence-electron chi connectivity index (χ3n) is 4.76. The predicted molar refractivity (Wildman–Crippen MR) is 118 cm³/mol. The highest BCUT2D eigenvalue weighted by Crippen LogP contribution is 2.29. The molecular formula is C22H23ClFN3O4. The van der Waals surface area contributed by atoms with E-state index in [1.807, 2.05) is 0 Å². The molecule has 0 aromatic heterocycles. The zero-order chi connectivity index (χ0) is 22.4. The molecular weight excluding hydrogens is 425 g/mol. The fourth-order valence-electron chi connectivity index (χ4n) is 3.16. The Labute approximate surface area is 184 Å². The average Bonchev–Trinajstić information content (AvgIpc) is 2.92. The summed E-state index contributed by atoms with van der Waals surface area (Å²) in [6, 6.07) is 10.7. The zero-order valence-electron chi connectivity index (χ0n) is 16.9. The molecule has 0 radical (unpaired) electrons. The molecule has 0 fully saturated rings. The van der Waals surface area contributed by atoms with E-state index < -0.39 is 30.5 Å². The van der Waals surface area contributed by atoms with E-state index in [4.69, 9.17) is 26.4 Å². The number of amidine groups is 1. The van der Waals surface area contributed by atoms with Crippen LogP contribution >= 0.6 is 11.6 Å². The van der Waals surface area contributed by atoms with Crippen molar-refractivity contribution in [3.8, 4) is 0 Å². The minimum atomic E-state index is -1.04. The van der Waals surface area contributed by atoms with Gasteiger partial charge in [-0.2, -0.15) is 0 Å². The van der Waals surface area contributed by atoms with Crippen molar-refractivity contribution in [3.05, 3.63) is 64.4 Å². The lowest BCUT2D eigenvalue weighted by Crippen LogP contribution is -2.29. The van der Waals surface area contributed by atoms with Gasteiger partial charge in [0.05, 0.1) is 32.1 Å². The number of rotatable bonds is 7. The molecule has 3 rings (SSSR count). The van der Waals surface area contributed by atoms with E-state index in [2.05, 4.69) is 10.3 Å². The maximum atomic E-state index is 14.7. The summed E-state index contributed by atoms with van der Waals surface area (Å²) in [6.07, 6.45) is -0.735. The molecule has 1 heterocycles. The van der Waals surface area contributed by atoms with Crippen molar-refractivity contribution < 1.29 is 24.1 Å². The molecule has 0 saturated carbocycles. The highest BCUT2D eigenvalue weighted by molar-refractivity contribution is 6.32. The summed E-state index contributed by atoms with van der Waals surface area (Å²) in [5, 5.41) is 22.5. The van der Waals surface area contributed by atoms with Crippen LogP contribution in [0.15, 0.2) is 52.4 Å².